The van der Waals surface area contributed by atoms with Crippen LogP contribution in [0.3, 0.4) is 0 Å². The van der Waals surface area contributed by atoms with Crippen molar-refractivity contribution in [3.63, 3.8) is 0 Å². The first kappa shape index (κ1) is 15.5. The summed E-state index contributed by atoms with van der Waals surface area (Å²) in [5, 5.41) is 11.2. The average Bonchev–Trinajstić information content (AvgIpc) is 2.83. The molecule has 2 amide bonds. The highest BCUT2D eigenvalue weighted by atomic mass is 16.2. The summed E-state index contributed by atoms with van der Waals surface area (Å²) in [6, 6.07) is 7.30. The third-order valence-electron chi connectivity index (χ3n) is 4.34. The van der Waals surface area contributed by atoms with Gasteiger partial charge in [-0.05, 0) is 18.9 Å². The predicted octanol–water partition coefficient (Wildman–Crippen LogP) is 2.38. The van der Waals surface area contributed by atoms with Gasteiger partial charge in [0.2, 0.25) is 0 Å². The quantitative estimate of drug-likeness (QED) is 0.854. The van der Waals surface area contributed by atoms with Gasteiger partial charge in [0.15, 0.2) is 0 Å². The summed E-state index contributed by atoms with van der Waals surface area (Å²) in [6.07, 6.45) is 8.52. The van der Waals surface area contributed by atoms with Crippen LogP contribution in [0.5, 0.6) is 0 Å². The highest BCUT2D eigenvalue weighted by Gasteiger charge is 2.14. The van der Waals surface area contributed by atoms with Crippen LogP contribution in [-0.4, -0.2) is 21.9 Å². The maximum atomic E-state index is 12.3. The maximum Gasteiger partial charge on any atom is 0.316 e. The van der Waals surface area contributed by atoms with E-state index in [9.17, 15) is 9.59 Å². The van der Waals surface area contributed by atoms with Crippen LogP contribution in [-0.2, 0) is 6.67 Å². The molecule has 3 rings (SSSR count). The summed E-state index contributed by atoms with van der Waals surface area (Å²) in [6.45, 7) is 0.0716. The minimum Gasteiger partial charge on any atom is -0.335 e. The monoisotopic (exact) mass is 314 g/mol. The van der Waals surface area contributed by atoms with Crippen LogP contribution in [0.1, 0.15) is 38.5 Å². The molecule has 1 fully saturated rings. The minimum atomic E-state index is -0.237. The molecule has 2 N–H and O–H groups in total. The Kier molecular flexibility index (Phi) is 4.90. The zero-order chi connectivity index (χ0) is 16.1. The van der Waals surface area contributed by atoms with Crippen molar-refractivity contribution in [3.05, 3.63) is 40.8 Å². The van der Waals surface area contributed by atoms with Gasteiger partial charge in [0, 0.05) is 11.4 Å². The number of urea groups is 1. The first-order chi connectivity index (χ1) is 11.2. The van der Waals surface area contributed by atoms with E-state index in [-0.39, 0.29) is 24.3 Å². The van der Waals surface area contributed by atoms with Gasteiger partial charge in [-0.1, -0.05) is 43.9 Å². The van der Waals surface area contributed by atoms with Gasteiger partial charge in [-0.25, -0.2) is 9.48 Å². The number of fused-ring (bicyclic) bond motifs is 1. The second-order valence-electron chi connectivity index (χ2n) is 6.03. The van der Waals surface area contributed by atoms with Gasteiger partial charge in [-0.3, -0.25) is 4.79 Å². The lowest BCUT2D eigenvalue weighted by Crippen LogP contribution is -2.44. The van der Waals surface area contributed by atoms with Crippen LogP contribution < -0.4 is 16.2 Å². The molecular formula is C17H22N4O2. The second kappa shape index (κ2) is 7.26. The van der Waals surface area contributed by atoms with Crippen molar-refractivity contribution in [1.29, 1.82) is 0 Å². The number of hydrogen-bond acceptors (Lipinski definition) is 3. The summed E-state index contributed by atoms with van der Waals surface area (Å²) >= 11 is 0. The Labute approximate surface area is 134 Å². The molecule has 2 aromatic rings. The van der Waals surface area contributed by atoms with Crippen molar-refractivity contribution in [1.82, 2.24) is 20.4 Å². The van der Waals surface area contributed by atoms with Crippen LogP contribution in [0.4, 0.5) is 4.79 Å². The van der Waals surface area contributed by atoms with E-state index in [2.05, 4.69) is 15.7 Å². The first-order valence-electron chi connectivity index (χ1n) is 8.23. The molecule has 0 aliphatic heterocycles. The molecule has 1 aliphatic rings. The van der Waals surface area contributed by atoms with Crippen LogP contribution >= 0.6 is 0 Å². The topological polar surface area (TPSA) is 76.0 Å². The molecule has 23 heavy (non-hydrogen) atoms. The zero-order valence-electron chi connectivity index (χ0n) is 13.1. The molecule has 0 atom stereocenters. The molecule has 122 valence electrons. The fraction of sp³-hybridized carbons (Fsp3) is 0.471. The first-order valence-corrected chi connectivity index (χ1v) is 8.23. The molecule has 0 saturated heterocycles. The standard InChI is InChI=1S/C17H22N4O2/c22-16-15-10-6-5-7-13(15)11-19-21(16)12-18-17(23)20-14-8-3-1-2-4-9-14/h5-7,10-11,14H,1-4,8-9,12H2,(H2,18,20,23). The van der Waals surface area contributed by atoms with Gasteiger partial charge < -0.3 is 10.6 Å². The lowest BCUT2D eigenvalue weighted by Gasteiger charge is -2.17. The summed E-state index contributed by atoms with van der Waals surface area (Å²) in [7, 11) is 0. The summed E-state index contributed by atoms with van der Waals surface area (Å²) in [4.78, 5) is 24.3. The van der Waals surface area contributed by atoms with Crippen molar-refractivity contribution in [2.45, 2.75) is 51.2 Å². The second-order valence-corrected chi connectivity index (χ2v) is 6.03. The molecule has 1 aliphatic carbocycles. The van der Waals surface area contributed by atoms with Gasteiger partial charge >= 0.3 is 6.03 Å². The molecule has 0 bridgehead atoms. The Morgan fingerprint density at radius 3 is 2.70 bits per heavy atom. The Morgan fingerprint density at radius 1 is 1.17 bits per heavy atom. The maximum absolute atomic E-state index is 12.3. The largest absolute Gasteiger partial charge is 0.335 e. The van der Waals surface area contributed by atoms with Gasteiger partial charge in [0.05, 0.1) is 11.6 Å². The van der Waals surface area contributed by atoms with E-state index >= 15 is 0 Å². The van der Waals surface area contributed by atoms with Crippen molar-refractivity contribution >= 4 is 16.8 Å². The van der Waals surface area contributed by atoms with E-state index in [1.54, 1.807) is 12.3 Å². The van der Waals surface area contributed by atoms with Gasteiger partial charge in [-0.15, -0.1) is 0 Å². The van der Waals surface area contributed by atoms with E-state index in [0.29, 0.717) is 5.39 Å². The van der Waals surface area contributed by atoms with Gasteiger partial charge in [0.25, 0.3) is 5.56 Å². The number of benzene rings is 1. The highest BCUT2D eigenvalue weighted by Crippen LogP contribution is 2.16. The summed E-state index contributed by atoms with van der Waals surface area (Å²) in [5.41, 5.74) is -0.196. The summed E-state index contributed by atoms with van der Waals surface area (Å²) in [5.74, 6) is 0. The van der Waals surface area contributed by atoms with Crippen molar-refractivity contribution in [2.75, 3.05) is 0 Å². The Hall–Kier alpha value is -2.37. The molecule has 6 nitrogen and oxygen atoms in total. The third-order valence-corrected chi connectivity index (χ3v) is 4.34. The Morgan fingerprint density at radius 2 is 1.91 bits per heavy atom. The molecule has 1 saturated carbocycles. The lowest BCUT2D eigenvalue weighted by atomic mass is 10.1. The fourth-order valence-corrected chi connectivity index (χ4v) is 3.05. The minimum absolute atomic E-state index is 0.0716. The lowest BCUT2D eigenvalue weighted by molar-refractivity contribution is 0.232. The number of amides is 2. The van der Waals surface area contributed by atoms with Gasteiger partial charge in [-0.2, -0.15) is 5.10 Å². The van der Waals surface area contributed by atoms with E-state index < -0.39 is 0 Å². The number of hydrogen-bond donors (Lipinski definition) is 2. The van der Waals surface area contributed by atoms with E-state index in [4.69, 9.17) is 0 Å². The Balaban J connectivity index is 1.60. The number of aromatic nitrogens is 2. The third kappa shape index (κ3) is 3.88. The zero-order valence-corrected chi connectivity index (χ0v) is 13.1. The van der Waals surface area contributed by atoms with Crippen LogP contribution in [0.2, 0.25) is 0 Å². The summed E-state index contributed by atoms with van der Waals surface area (Å²) < 4.78 is 1.27. The normalized spacial score (nSPS) is 16.0. The van der Waals surface area contributed by atoms with E-state index in [1.165, 1.54) is 17.5 Å². The van der Waals surface area contributed by atoms with Crippen molar-refractivity contribution in [2.24, 2.45) is 0 Å². The SMILES string of the molecule is O=C(NCn1ncc2ccccc2c1=O)NC1CCCCCC1. The van der Waals surface area contributed by atoms with Crippen LogP contribution in [0.25, 0.3) is 10.8 Å². The number of rotatable bonds is 3. The average molecular weight is 314 g/mol. The number of nitrogens with zero attached hydrogens (tertiary/aromatic N) is 2. The molecule has 0 spiro atoms. The van der Waals surface area contributed by atoms with Crippen LogP contribution in [0.15, 0.2) is 35.3 Å². The fourth-order valence-electron chi connectivity index (χ4n) is 3.05. The molecule has 6 heteroatoms. The van der Waals surface area contributed by atoms with E-state index in [1.807, 2.05) is 18.2 Å². The number of nitrogens with one attached hydrogen (secondary N) is 2. The Bertz CT molecular complexity index is 733. The smallest absolute Gasteiger partial charge is 0.316 e. The molecule has 1 aromatic carbocycles. The van der Waals surface area contributed by atoms with Crippen LogP contribution in [0, 0.1) is 0 Å². The molecule has 1 aromatic heterocycles. The van der Waals surface area contributed by atoms with Crippen molar-refractivity contribution in [3.8, 4) is 0 Å². The van der Waals surface area contributed by atoms with Gasteiger partial charge in [0.1, 0.15) is 6.67 Å². The number of carbonyl (C=O) groups is 1. The molecule has 0 radical (unpaired) electrons. The van der Waals surface area contributed by atoms with Crippen molar-refractivity contribution < 1.29 is 4.79 Å². The molecular weight excluding hydrogens is 292 g/mol. The molecule has 1 heterocycles. The van der Waals surface area contributed by atoms with E-state index in [0.717, 1.165) is 31.1 Å². The predicted molar refractivity (Wildman–Crippen MR) is 89.2 cm³/mol. The molecule has 0 unspecified atom stereocenters. The number of carbonyl (C=O) groups excluding carboxylic acids is 1. The highest BCUT2D eigenvalue weighted by molar-refractivity contribution is 5.80.